The first-order chi connectivity index (χ1) is 7.58. The van der Waals surface area contributed by atoms with E-state index in [1.165, 1.54) is 11.8 Å². The molecule has 0 aromatic heterocycles. The minimum absolute atomic E-state index is 0.476. The molecule has 0 unspecified atom stereocenters. The Kier molecular flexibility index (Phi) is 5.42. The van der Waals surface area contributed by atoms with Crippen LogP contribution in [0.2, 0.25) is 10.0 Å². The first-order valence-corrected chi connectivity index (χ1v) is 6.78. The molecule has 0 saturated carbocycles. The first-order valence-electron chi connectivity index (χ1n) is 4.00. The summed E-state index contributed by atoms with van der Waals surface area (Å²) in [5, 5.41) is 12.4. The number of rotatable bonds is 1. The third-order valence-electron chi connectivity index (χ3n) is 1.56. The second kappa shape index (κ2) is 6.36. The van der Waals surface area contributed by atoms with Gasteiger partial charge in [-0.3, -0.25) is 5.32 Å². The third-order valence-corrected chi connectivity index (χ3v) is 4.04. The number of nitrogens with zero attached hydrogens (tertiary/aromatic N) is 2. The van der Waals surface area contributed by atoms with Crippen LogP contribution in [0.3, 0.4) is 0 Å². The van der Waals surface area contributed by atoms with E-state index in [4.69, 9.17) is 28.5 Å². The van der Waals surface area contributed by atoms with Crippen molar-refractivity contribution >= 4 is 61.7 Å². The molecule has 16 heavy (non-hydrogen) atoms. The van der Waals surface area contributed by atoms with Gasteiger partial charge in [0.15, 0.2) is 11.4 Å². The van der Waals surface area contributed by atoms with E-state index < -0.39 is 0 Å². The van der Waals surface area contributed by atoms with Gasteiger partial charge in [0.1, 0.15) is 0 Å². The summed E-state index contributed by atoms with van der Waals surface area (Å²) in [5.74, 6) is 0. The second-order valence-corrected chi connectivity index (χ2v) is 4.98. The van der Waals surface area contributed by atoms with Crippen LogP contribution in [-0.2, 0) is 0 Å². The molecule has 1 rings (SSSR count). The van der Waals surface area contributed by atoms with Crippen LogP contribution in [0.25, 0.3) is 0 Å². The summed E-state index contributed by atoms with van der Waals surface area (Å²) >= 11 is 16.4. The molecule has 0 amide bonds. The zero-order chi connectivity index (χ0) is 12.1. The largest absolute Gasteiger partial charge is 0.271 e. The number of nitriles is 1. The molecule has 0 spiro atoms. The van der Waals surface area contributed by atoms with Gasteiger partial charge in [-0.15, -0.1) is 0 Å². The normalized spacial score (nSPS) is 11.1. The lowest BCUT2D eigenvalue weighted by atomic mass is 10.3. The fourth-order valence-electron chi connectivity index (χ4n) is 0.896. The second-order valence-electron chi connectivity index (χ2n) is 2.58. The highest BCUT2D eigenvalue weighted by Crippen LogP contribution is 2.34. The van der Waals surface area contributed by atoms with E-state index in [1.807, 2.05) is 6.26 Å². The monoisotopic (exact) mass is 337 g/mol. The highest BCUT2D eigenvalue weighted by molar-refractivity contribution is 9.10. The molecular weight excluding hydrogens is 333 g/mol. The molecule has 1 aromatic carbocycles. The van der Waals surface area contributed by atoms with Crippen LogP contribution >= 0.6 is 50.9 Å². The molecule has 3 nitrogen and oxygen atoms in total. The Morgan fingerprint density at radius 1 is 1.50 bits per heavy atom. The van der Waals surface area contributed by atoms with Gasteiger partial charge in [0.25, 0.3) is 0 Å². The summed E-state index contributed by atoms with van der Waals surface area (Å²) < 4.78 is 0.633. The standard InChI is InChI=1S/C9H6BrCl2N3S/c1-16-9(14-4-13)15-5-2-6(11)8(10)7(12)3-5/h2-3H,1H3,(H,14,15). The molecule has 7 heteroatoms. The van der Waals surface area contributed by atoms with E-state index in [-0.39, 0.29) is 0 Å². The van der Waals surface area contributed by atoms with Crippen molar-refractivity contribution in [1.82, 2.24) is 5.32 Å². The smallest absolute Gasteiger partial charge is 0.183 e. The molecule has 0 aliphatic heterocycles. The van der Waals surface area contributed by atoms with E-state index in [2.05, 4.69) is 26.2 Å². The number of amidine groups is 1. The molecule has 1 aromatic rings. The lowest BCUT2D eigenvalue weighted by Crippen LogP contribution is -2.12. The van der Waals surface area contributed by atoms with Crippen LogP contribution in [0, 0.1) is 11.5 Å². The van der Waals surface area contributed by atoms with E-state index in [1.54, 1.807) is 18.3 Å². The van der Waals surface area contributed by atoms with Crippen LogP contribution in [0.1, 0.15) is 0 Å². The van der Waals surface area contributed by atoms with E-state index in [0.29, 0.717) is 25.4 Å². The fourth-order valence-corrected chi connectivity index (χ4v) is 1.95. The number of aliphatic imine (C=N–C) groups is 1. The third kappa shape index (κ3) is 3.56. The summed E-state index contributed by atoms with van der Waals surface area (Å²) in [4.78, 5) is 4.19. The molecule has 84 valence electrons. The van der Waals surface area contributed by atoms with Crippen LogP contribution < -0.4 is 5.32 Å². The lowest BCUT2D eigenvalue weighted by molar-refractivity contribution is 1.28. The summed E-state index contributed by atoms with van der Waals surface area (Å²) in [5.41, 5.74) is 0.588. The molecule has 0 aliphatic carbocycles. The molecule has 0 atom stereocenters. The predicted octanol–water partition coefficient (Wildman–Crippen LogP) is 4.18. The Labute approximate surface area is 116 Å². The van der Waals surface area contributed by atoms with Crippen LogP contribution in [-0.4, -0.2) is 11.4 Å². The number of hydrogen-bond acceptors (Lipinski definition) is 3. The van der Waals surface area contributed by atoms with E-state index in [9.17, 15) is 0 Å². The fraction of sp³-hybridized carbons (Fsp3) is 0.111. The molecule has 0 heterocycles. The number of halogens is 3. The Balaban J connectivity index is 3.11. The maximum absolute atomic E-state index is 8.48. The Morgan fingerprint density at radius 2 is 2.06 bits per heavy atom. The van der Waals surface area contributed by atoms with Crippen LogP contribution in [0.4, 0.5) is 5.69 Å². The number of thioether (sulfide) groups is 1. The zero-order valence-corrected chi connectivity index (χ0v) is 12.0. The highest BCUT2D eigenvalue weighted by atomic mass is 79.9. The van der Waals surface area contributed by atoms with Gasteiger partial charge < -0.3 is 0 Å². The van der Waals surface area contributed by atoms with Crippen molar-refractivity contribution in [3.63, 3.8) is 0 Å². The minimum Gasteiger partial charge on any atom is -0.271 e. The van der Waals surface area contributed by atoms with Crippen molar-refractivity contribution in [2.45, 2.75) is 0 Å². The first kappa shape index (κ1) is 13.7. The molecule has 0 aliphatic rings. The quantitative estimate of drug-likeness (QED) is 0.275. The predicted molar refractivity (Wildman–Crippen MR) is 73.5 cm³/mol. The average molecular weight is 339 g/mol. The molecule has 0 fully saturated rings. The SMILES string of the molecule is CSC(=Nc1cc(Cl)c(Br)c(Cl)c1)NC#N. The molecule has 0 bridgehead atoms. The zero-order valence-electron chi connectivity index (χ0n) is 8.09. The van der Waals surface area contributed by atoms with E-state index in [0.717, 1.165) is 0 Å². The summed E-state index contributed by atoms with van der Waals surface area (Å²) in [6.07, 6.45) is 3.61. The minimum atomic E-state index is 0.476. The topological polar surface area (TPSA) is 48.2 Å². The van der Waals surface area contributed by atoms with Crippen molar-refractivity contribution < 1.29 is 0 Å². The van der Waals surface area contributed by atoms with Crippen LogP contribution in [0.15, 0.2) is 21.6 Å². The van der Waals surface area contributed by atoms with Gasteiger partial charge in [0.05, 0.1) is 20.2 Å². The van der Waals surface area contributed by atoms with Crippen molar-refractivity contribution in [2.75, 3.05) is 6.26 Å². The van der Waals surface area contributed by atoms with Gasteiger partial charge in [-0.25, -0.2) is 4.99 Å². The van der Waals surface area contributed by atoms with Gasteiger partial charge in [0.2, 0.25) is 0 Å². The van der Waals surface area contributed by atoms with Gasteiger partial charge in [-0.2, -0.15) is 5.26 Å². The Bertz CT molecular complexity index is 447. The molecule has 0 saturated heterocycles. The maximum atomic E-state index is 8.48. The van der Waals surface area contributed by atoms with Crippen molar-refractivity contribution in [2.24, 2.45) is 4.99 Å². The average Bonchev–Trinajstić information content (AvgIpc) is 2.25. The lowest BCUT2D eigenvalue weighted by Gasteiger charge is -2.03. The maximum Gasteiger partial charge on any atom is 0.183 e. The highest BCUT2D eigenvalue weighted by Gasteiger charge is 2.05. The molecular formula is C9H6BrCl2N3S. The van der Waals surface area contributed by atoms with Crippen LogP contribution in [0.5, 0.6) is 0 Å². The molecule has 1 N–H and O–H groups in total. The van der Waals surface area contributed by atoms with Gasteiger partial charge in [-0.05, 0) is 34.3 Å². The van der Waals surface area contributed by atoms with Gasteiger partial charge >= 0.3 is 0 Å². The van der Waals surface area contributed by atoms with Gasteiger partial charge in [-0.1, -0.05) is 35.0 Å². The number of hydrogen-bond donors (Lipinski definition) is 1. The van der Waals surface area contributed by atoms with E-state index >= 15 is 0 Å². The van der Waals surface area contributed by atoms with Crippen molar-refractivity contribution in [3.8, 4) is 6.19 Å². The summed E-state index contributed by atoms with van der Waals surface area (Å²) in [7, 11) is 0. The van der Waals surface area contributed by atoms with Crippen molar-refractivity contribution in [3.05, 3.63) is 26.7 Å². The molecule has 0 radical (unpaired) electrons. The Hall–Kier alpha value is -0.410. The number of benzene rings is 1. The summed E-state index contributed by atoms with van der Waals surface area (Å²) in [6, 6.07) is 3.32. The Morgan fingerprint density at radius 3 is 2.50 bits per heavy atom. The van der Waals surface area contributed by atoms with Crippen molar-refractivity contribution in [1.29, 1.82) is 5.26 Å². The van der Waals surface area contributed by atoms with Gasteiger partial charge in [0, 0.05) is 0 Å². The summed E-state index contributed by atoms with van der Waals surface area (Å²) in [6.45, 7) is 0. The number of nitrogens with one attached hydrogen (secondary N) is 1.